The predicted octanol–water partition coefficient (Wildman–Crippen LogP) is 17.5. The van der Waals surface area contributed by atoms with Crippen LogP contribution in [0, 0.1) is 0 Å². The van der Waals surface area contributed by atoms with Gasteiger partial charge in [0.05, 0.1) is 13.0 Å². The second-order valence-electron chi connectivity index (χ2n) is 16.7. The Morgan fingerprint density at radius 1 is 0.387 bits per heavy atom. The molecule has 354 valence electrons. The molecule has 0 aliphatic rings. The van der Waals surface area contributed by atoms with Gasteiger partial charge in [-0.25, -0.2) is 0 Å². The number of hydrogen-bond acceptors (Lipinski definition) is 5. The van der Waals surface area contributed by atoms with Crippen LogP contribution >= 0.6 is 0 Å². The Bertz CT molecular complexity index is 1200. The van der Waals surface area contributed by atoms with Crippen molar-refractivity contribution < 1.29 is 23.8 Å². The fourth-order valence-electron chi connectivity index (χ4n) is 6.78. The predicted molar refractivity (Wildman–Crippen MR) is 270 cm³/mol. The molecule has 0 spiro atoms. The molecule has 0 saturated carbocycles. The molecule has 0 aromatic rings. The van der Waals surface area contributed by atoms with Gasteiger partial charge in [-0.15, -0.1) is 0 Å². The minimum absolute atomic E-state index is 0.0187. The third-order valence-electron chi connectivity index (χ3n) is 10.6. The van der Waals surface area contributed by atoms with Gasteiger partial charge < -0.3 is 14.2 Å². The van der Waals surface area contributed by atoms with E-state index in [0.29, 0.717) is 13.0 Å². The lowest BCUT2D eigenvalue weighted by Crippen LogP contribution is -2.30. The van der Waals surface area contributed by atoms with Crippen LogP contribution in [0.15, 0.2) is 97.2 Å². The van der Waals surface area contributed by atoms with Crippen LogP contribution in [0.4, 0.5) is 0 Å². The first kappa shape index (κ1) is 58.8. The number of unbranched alkanes of at least 4 members (excludes halogenated alkanes) is 20. The molecule has 0 rings (SSSR count). The highest BCUT2D eigenvalue weighted by atomic mass is 16.6. The molecule has 0 aromatic carbocycles. The van der Waals surface area contributed by atoms with Crippen LogP contribution in [-0.2, 0) is 23.8 Å². The Labute approximate surface area is 383 Å². The number of rotatable bonds is 46. The second kappa shape index (κ2) is 52.2. The number of carbonyl (C=O) groups is 2. The van der Waals surface area contributed by atoms with Crippen LogP contribution in [0.25, 0.3) is 0 Å². The van der Waals surface area contributed by atoms with Crippen molar-refractivity contribution in [2.24, 2.45) is 0 Å². The number of ether oxygens (including phenoxy) is 3. The third kappa shape index (κ3) is 49.5. The average Bonchev–Trinajstić information content (AvgIpc) is 3.27. The van der Waals surface area contributed by atoms with E-state index in [1.165, 1.54) is 116 Å². The van der Waals surface area contributed by atoms with Crippen molar-refractivity contribution in [2.75, 3.05) is 19.8 Å². The number of allylic oxidation sites excluding steroid dienone is 15. The fourth-order valence-corrected chi connectivity index (χ4v) is 6.78. The average molecular weight is 861 g/mol. The molecule has 62 heavy (non-hydrogen) atoms. The van der Waals surface area contributed by atoms with Gasteiger partial charge in [0.25, 0.3) is 0 Å². The smallest absolute Gasteiger partial charge is 0.309 e. The maximum atomic E-state index is 12.8. The van der Waals surface area contributed by atoms with Gasteiger partial charge in [0.2, 0.25) is 0 Å². The Kier molecular flexibility index (Phi) is 49.5. The molecule has 0 fully saturated rings. The summed E-state index contributed by atoms with van der Waals surface area (Å²) in [7, 11) is 0. The van der Waals surface area contributed by atoms with E-state index in [-0.39, 0.29) is 31.6 Å². The quantitative estimate of drug-likeness (QED) is 0.0347. The first-order valence-corrected chi connectivity index (χ1v) is 25.8. The molecule has 5 nitrogen and oxygen atoms in total. The van der Waals surface area contributed by atoms with Gasteiger partial charge in [0.1, 0.15) is 6.61 Å². The van der Waals surface area contributed by atoms with Crippen molar-refractivity contribution in [1.29, 1.82) is 0 Å². The molecule has 0 saturated heterocycles. The summed E-state index contributed by atoms with van der Waals surface area (Å²) in [4.78, 5) is 25.3. The van der Waals surface area contributed by atoms with Crippen molar-refractivity contribution in [3.05, 3.63) is 97.2 Å². The first-order chi connectivity index (χ1) is 30.6. The minimum Gasteiger partial charge on any atom is -0.461 e. The highest BCUT2D eigenvalue weighted by Crippen LogP contribution is 2.12. The van der Waals surface area contributed by atoms with Crippen molar-refractivity contribution >= 4 is 11.9 Å². The summed E-state index contributed by atoms with van der Waals surface area (Å²) in [6.07, 6.45) is 70.1. The first-order valence-electron chi connectivity index (χ1n) is 25.8. The largest absolute Gasteiger partial charge is 0.461 e. The summed E-state index contributed by atoms with van der Waals surface area (Å²) >= 11 is 0. The van der Waals surface area contributed by atoms with Crippen LogP contribution in [-0.4, -0.2) is 37.9 Å². The van der Waals surface area contributed by atoms with E-state index in [1.807, 2.05) is 12.2 Å². The SMILES string of the molecule is CC/C=C\C/C=C\C/C=C\C/C=C\C/C=C\CC(=O)OCC(COCCCCCCCC/C=C\CCCCCCCC)OC(=O)CCCCCCC/C=C\C/C=C\CCCCC. The van der Waals surface area contributed by atoms with Gasteiger partial charge >= 0.3 is 11.9 Å². The van der Waals surface area contributed by atoms with E-state index in [4.69, 9.17) is 14.2 Å². The fraction of sp³-hybridized carbons (Fsp3) is 0.684. The second-order valence-corrected chi connectivity index (χ2v) is 16.7. The summed E-state index contributed by atoms with van der Waals surface area (Å²) < 4.78 is 17.3. The van der Waals surface area contributed by atoms with Gasteiger partial charge in [-0.2, -0.15) is 0 Å². The maximum Gasteiger partial charge on any atom is 0.309 e. The molecule has 0 aliphatic heterocycles. The number of esters is 2. The Morgan fingerprint density at radius 2 is 0.774 bits per heavy atom. The highest BCUT2D eigenvalue weighted by molar-refractivity contribution is 5.71. The van der Waals surface area contributed by atoms with Gasteiger partial charge in [-0.05, 0) is 103 Å². The van der Waals surface area contributed by atoms with Crippen molar-refractivity contribution in [1.82, 2.24) is 0 Å². The zero-order valence-electron chi connectivity index (χ0n) is 40.6. The lowest BCUT2D eigenvalue weighted by Gasteiger charge is -2.18. The van der Waals surface area contributed by atoms with Gasteiger partial charge in [-0.3, -0.25) is 9.59 Å². The molecule has 0 radical (unpaired) electrons. The van der Waals surface area contributed by atoms with Gasteiger partial charge in [-0.1, -0.05) is 208 Å². The molecular weight excluding hydrogens is 765 g/mol. The van der Waals surface area contributed by atoms with Crippen molar-refractivity contribution in [3.63, 3.8) is 0 Å². The summed E-state index contributed by atoms with van der Waals surface area (Å²) in [5.74, 6) is -0.565. The zero-order valence-corrected chi connectivity index (χ0v) is 40.6. The van der Waals surface area contributed by atoms with Crippen LogP contribution in [0.2, 0.25) is 0 Å². The van der Waals surface area contributed by atoms with E-state index >= 15 is 0 Å². The number of carbonyl (C=O) groups excluding carboxylic acids is 2. The van der Waals surface area contributed by atoms with E-state index < -0.39 is 6.10 Å². The normalized spacial score (nSPS) is 13.0. The molecule has 1 atom stereocenters. The molecular formula is C57H96O5. The molecule has 0 heterocycles. The van der Waals surface area contributed by atoms with E-state index in [1.54, 1.807) is 0 Å². The number of hydrogen-bond donors (Lipinski definition) is 0. The molecule has 0 bridgehead atoms. The summed E-state index contributed by atoms with van der Waals surface area (Å²) in [5.41, 5.74) is 0. The molecule has 0 aromatic heterocycles. The molecule has 5 heteroatoms. The van der Waals surface area contributed by atoms with E-state index in [0.717, 1.165) is 77.0 Å². The molecule has 1 unspecified atom stereocenters. The minimum atomic E-state index is -0.591. The van der Waals surface area contributed by atoms with E-state index in [2.05, 4.69) is 106 Å². The monoisotopic (exact) mass is 861 g/mol. The lowest BCUT2D eigenvalue weighted by molar-refractivity contribution is -0.162. The van der Waals surface area contributed by atoms with Gasteiger partial charge in [0.15, 0.2) is 6.10 Å². The van der Waals surface area contributed by atoms with Crippen LogP contribution in [0.5, 0.6) is 0 Å². The highest BCUT2D eigenvalue weighted by Gasteiger charge is 2.17. The Morgan fingerprint density at radius 3 is 1.29 bits per heavy atom. The topological polar surface area (TPSA) is 61.8 Å². The maximum absolute atomic E-state index is 12.8. The Hall–Kier alpha value is -3.18. The summed E-state index contributed by atoms with van der Waals surface area (Å²) in [6.45, 7) is 7.55. The summed E-state index contributed by atoms with van der Waals surface area (Å²) in [5, 5.41) is 0. The van der Waals surface area contributed by atoms with Crippen molar-refractivity contribution in [3.8, 4) is 0 Å². The standard InChI is InChI=1S/C57H96O5/c1-4-7-10-13-16-19-22-25-28-31-34-37-40-43-46-49-52-60-53-55(62-57(59)51-48-45-42-39-36-33-30-27-24-21-18-15-12-9-6-3)54-61-56(58)50-47-44-41-38-35-32-29-26-23-20-17-14-11-8-5-2/h8,11,17-18,20-21,25-30,35,38,44,47,55H,4-7,9-10,12-16,19,22-24,31-34,36-37,39-43,45-46,48-54H2,1-3H3/b11-8-,20-17-,21-18-,28-25-,29-26-,30-27-,38-35-,47-44-. The molecule has 0 N–H and O–H groups in total. The van der Waals surface area contributed by atoms with Gasteiger partial charge in [0, 0.05) is 13.0 Å². The van der Waals surface area contributed by atoms with Crippen LogP contribution < -0.4 is 0 Å². The lowest BCUT2D eigenvalue weighted by atomic mass is 10.1. The van der Waals surface area contributed by atoms with Crippen LogP contribution in [0.1, 0.15) is 226 Å². The van der Waals surface area contributed by atoms with Crippen LogP contribution in [0.3, 0.4) is 0 Å². The third-order valence-corrected chi connectivity index (χ3v) is 10.6. The zero-order chi connectivity index (χ0) is 44.9. The summed E-state index contributed by atoms with van der Waals surface area (Å²) in [6, 6.07) is 0. The van der Waals surface area contributed by atoms with Crippen molar-refractivity contribution in [2.45, 2.75) is 232 Å². The molecule has 0 aliphatic carbocycles. The van der Waals surface area contributed by atoms with E-state index in [9.17, 15) is 9.59 Å². The Balaban J connectivity index is 4.43. The molecule has 0 amide bonds.